The molecule has 4 nitrogen and oxygen atoms in total. The molecule has 0 amide bonds. The maximum absolute atomic E-state index is 5.89. The fourth-order valence-electron chi connectivity index (χ4n) is 3.33. The van der Waals surface area contributed by atoms with Gasteiger partial charge in [0.15, 0.2) is 0 Å². The first-order chi connectivity index (χ1) is 9.28. The summed E-state index contributed by atoms with van der Waals surface area (Å²) in [7, 11) is 0. The fourth-order valence-corrected chi connectivity index (χ4v) is 3.33. The molecular formula is C15H24N4. The lowest BCUT2D eigenvalue weighted by Crippen LogP contribution is -2.45. The van der Waals surface area contributed by atoms with Gasteiger partial charge in [0.2, 0.25) is 5.95 Å². The van der Waals surface area contributed by atoms with Crippen molar-refractivity contribution in [1.29, 1.82) is 0 Å². The zero-order valence-electron chi connectivity index (χ0n) is 11.8. The summed E-state index contributed by atoms with van der Waals surface area (Å²) in [5.41, 5.74) is 8.51. The molecule has 1 aliphatic carbocycles. The van der Waals surface area contributed by atoms with Crippen molar-refractivity contribution in [3.8, 4) is 0 Å². The molecule has 1 aromatic heterocycles. The second-order valence-corrected chi connectivity index (χ2v) is 6.07. The lowest BCUT2D eigenvalue weighted by molar-refractivity contribution is 0.453. The first-order valence-electron chi connectivity index (χ1n) is 7.59. The highest BCUT2D eigenvalue weighted by atomic mass is 15.3. The van der Waals surface area contributed by atoms with Gasteiger partial charge in [-0.15, -0.1) is 0 Å². The minimum Gasteiger partial charge on any atom is -0.337 e. The van der Waals surface area contributed by atoms with Crippen LogP contribution in [0.4, 0.5) is 5.95 Å². The number of aromatic nitrogens is 2. The Morgan fingerprint density at radius 3 is 3.11 bits per heavy atom. The van der Waals surface area contributed by atoms with E-state index in [9.17, 15) is 0 Å². The van der Waals surface area contributed by atoms with Crippen LogP contribution in [0.2, 0.25) is 0 Å². The molecule has 4 heteroatoms. The molecule has 1 saturated heterocycles. The number of aryl methyl sites for hydroxylation is 1. The highest BCUT2D eigenvalue weighted by Gasteiger charge is 2.25. The minimum absolute atomic E-state index is 0.425. The van der Waals surface area contributed by atoms with E-state index < -0.39 is 0 Å². The van der Waals surface area contributed by atoms with E-state index in [1.807, 2.05) is 0 Å². The van der Waals surface area contributed by atoms with E-state index in [1.54, 1.807) is 0 Å². The largest absolute Gasteiger partial charge is 0.337 e. The van der Waals surface area contributed by atoms with Crippen LogP contribution in [0, 0.1) is 5.92 Å². The van der Waals surface area contributed by atoms with E-state index in [1.165, 1.54) is 36.9 Å². The van der Waals surface area contributed by atoms with Crippen molar-refractivity contribution in [2.75, 3.05) is 18.0 Å². The summed E-state index contributed by atoms with van der Waals surface area (Å²) in [5, 5.41) is 0. The van der Waals surface area contributed by atoms with Gasteiger partial charge in [-0.25, -0.2) is 9.97 Å². The molecule has 2 heterocycles. The molecule has 0 bridgehead atoms. The van der Waals surface area contributed by atoms with Crippen LogP contribution in [-0.4, -0.2) is 29.1 Å². The van der Waals surface area contributed by atoms with Gasteiger partial charge >= 0.3 is 0 Å². The third-order valence-corrected chi connectivity index (χ3v) is 4.54. The number of piperidine rings is 1. The van der Waals surface area contributed by atoms with Gasteiger partial charge in [0, 0.05) is 31.0 Å². The number of fused-ring (bicyclic) bond motifs is 1. The van der Waals surface area contributed by atoms with Crippen molar-refractivity contribution in [1.82, 2.24) is 9.97 Å². The Balaban J connectivity index is 1.85. The van der Waals surface area contributed by atoms with Gasteiger partial charge in [-0.05, 0) is 50.0 Å². The first kappa shape index (κ1) is 12.9. The van der Waals surface area contributed by atoms with Crippen LogP contribution in [0.5, 0.6) is 0 Å². The quantitative estimate of drug-likeness (QED) is 0.882. The lowest BCUT2D eigenvalue weighted by Gasteiger charge is -2.35. The average Bonchev–Trinajstić information content (AvgIpc) is 2.46. The highest BCUT2D eigenvalue weighted by molar-refractivity contribution is 5.36. The van der Waals surface area contributed by atoms with Crippen molar-refractivity contribution in [2.24, 2.45) is 11.7 Å². The predicted molar refractivity (Wildman–Crippen MR) is 77.3 cm³/mol. The number of hydrogen-bond donors (Lipinski definition) is 1. The standard InChI is InChI=1S/C15H24N4/c1-11-5-6-14-12(8-11)10-17-15(18-14)19-7-3-2-4-13(19)9-16/h10-11,13H,2-9,16H2,1H3. The van der Waals surface area contributed by atoms with Gasteiger partial charge in [-0.2, -0.15) is 0 Å². The summed E-state index contributed by atoms with van der Waals surface area (Å²) in [4.78, 5) is 11.8. The summed E-state index contributed by atoms with van der Waals surface area (Å²) in [6.45, 7) is 4.07. The van der Waals surface area contributed by atoms with Crippen LogP contribution in [0.3, 0.4) is 0 Å². The molecule has 2 aliphatic rings. The Labute approximate surface area is 115 Å². The molecule has 1 fully saturated rings. The third-order valence-electron chi connectivity index (χ3n) is 4.54. The lowest BCUT2D eigenvalue weighted by atomic mass is 9.89. The second-order valence-electron chi connectivity index (χ2n) is 6.07. The van der Waals surface area contributed by atoms with Crippen molar-refractivity contribution in [2.45, 2.75) is 51.5 Å². The van der Waals surface area contributed by atoms with Crippen LogP contribution >= 0.6 is 0 Å². The highest BCUT2D eigenvalue weighted by Crippen LogP contribution is 2.27. The fraction of sp³-hybridized carbons (Fsp3) is 0.733. The zero-order valence-corrected chi connectivity index (χ0v) is 11.8. The molecule has 0 spiro atoms. The number of hydrogen-bond acceptors (Lipinski definition) is 4. The average molecular weight is 260 g/mol. The van der Waals surface area contributed by atoms with Crippen molar-refractivity contribution in [3.63, 3.8) is 0 Å². The minimum atomic E-state index is 0.425. The Hall–Kier alpha value is -1.16. The summed E-state index contributed by atoms with van der Waals surface area (Å²) in [5.74, 6) is 1.68. The smallest absolute Gasteiger partial charge is 0.225 e. The summed E-state index contributed by atoms with van der Waals surface area (Å²) in [6.07, 6.45) is 9.23. The molecule has 104 valence electrons. The van der Waals surface area contributed by atoms with Gasteiger partial charge in [0.25, 0.3) is 0 Å². The molecule has 0 radical (unpaired) electrons. The van der Waals surface area contributed by atoms with Gasteiger partial charge in [-0.3, -0.25) is 0 Å². The van der Waals surface area contributed by atoms with Crippen LogP contribution in [-0.2, 0) is 12.8 Å². The molecule has 0 saturated carbocycles. The molecule has 2 atom stereocenters. The van der Waals surface area contributed by atoms with E-state index in [-0.39, 0.29) is 0 Å². The van der Waals surface area contributed by atoms with Crippen molar-refractivity contribution in [3.05, 3.63) is 17.5 Å². The molecule has 2 unspecified atom stereocenters. The molecule has 0 aromatic carbocycles. The van der Waals surface area contributed by atoms with E-state index >= 15 is 0 Å². The van der Waals surface area contributed by atoms with E-state index in [4.69, 9.17) is 10.7 Å². The second kappa shape index (κ2) is 5.45. The summed E-state index contributed by atoms with van der Waals surface area (Å²) >= 11 is 0. The molecule has 3 rings (SSSR count). The van der Waals surface area contributed by atoms with Crippen LogP contribution in [0.15, 0.2) is 6.20 Å². The third kappa shape index (κ3) is 2.59. The molecular weight excluding hydrogens is 236 g/mol. The summed E-state index contributed by atoms with van der Waals surface area (Å²) < 4.78 is 0. The van der Waals surface area contributed by atoms with E-state index in [0.717, 1.165) is 31.3 Å². The molecule has 1 aliphatic heterocycles. The number of nitrogens with two attached hydrogens (primary N) is 1. The Morgan fingerprint density at radius 2 is 2.26 bits per heavy atom. The Morgan fingerprint density at radius 1 is 1.37 bits per heavy atom. The SMILES string of the molecule is CC1CCc2nc(N3CCCCC3CN)ncc2C1. The molecule has 19 heavy (non-hydrogen) atoms. The molecule has 2 N–H and O–H groups in total. The van der Waals surface area contributed by atoms with E-state index in [0.29, 0.717) is 12.6 Å². The normalized spacial score (nSPS) is 27.2. The maximum atomic E-state index is 5.89. The predicted octanol–water partition coefficient (Wildman–Crippen LogP) is 1.92. The summed E-state index contributed by atoms with van der Waals surface area (Å²) in [6, 6.07) is 0.425. The monoisotopic (exact) mass is 260 g/mol. The topological polar surface area (TPSA) is 55.0 Å². The Bertz CT molecular complexity index is 446. The van der Waals surface area contributed by atoms with Crippen LogP contribution in [0.25, 0.3) is 0 Å². The van der Waals surface area contributed by atoms with Crippen LogP contribution < -0.4 is 10.6 Å². The van der Waals surface area contributed by atoms with Crippen LogP contribution in [0.1, 0.15) is 43.9 Å². The molecule has 1 aromatic rings. The Kier molecular flexibility index (Phi) is 3.69. The number of rotatable bonds is 2. The van der Waals surface area contributed by atoms with Gasteiger partial charge in [0.05, 0.1) is 0 Å². The number of nitrogens with zero attached hydrogens (tertiary/aromatic N) is 3. The van der Waals surface area contributed by atoms with E-state index in [2.05, 4.69) is 23.0 Å². The van der Waals surface area contributed by atoms with Crippen molar-refractivity contribution >= 4 is 5.95 Å². The van der Waals surface area contributed by atoms with Gasteiger partial charge in [0.1, 0.15) is 0 Å². The first-order valence-corrected chi connectivity index (χ1v) is 7.59. The van der Waals surface area contributed by atoms with Gasteiger partial charge in [-0.1, -0.05) is 6.92 Å². The van der Waals surface area contributed by atoms with Crippen molar-refractivity contribution < 1.29 is 0 Å². The van der Waals surface area contributed by atoms with Gasteiger partial charge < -0.3 is 10.6 Å². The number of anilines is 1. The maximum Gasteiger partial charge on any atom is 0.225 e. The zero-order chi connectivity index (χ0) is 13.2.